The van der Waals surface area contributed by atoms with Gasteiger partial charge >= 0.3 is 0 Å². The highest BCUT2D eigenvalue weighted by Gasteiger charge is 2.07. The van der Waals surface area contributed by atoms with Crippen LogP contribution in [0.2, 0.25) is 0 Å². The maximum atomic E-state index is 5.26. The first kappa shape index (κ1) is 8.28. The molecule has 0 unspecified atom stereocenters. The predicted octanol–water partition coefficient (Wildman–Crippen LogP) is 2.47. The lowest BCUT2D eigenvalue weighted by Crippen LogP contribution is -1.84. The van der Waals surface area contributed by atoms with Gasteiger partial charge in [0.1, 0.15) is 0 Å². The van der Waals surface area contributed by atoms with Gasteiger partial charge in [0.15, 0.2) is 0 Å². The fraction of sp³-hybridized carbons (Fsp3) is 0.400. The Balaban J connectivity index is 2.75. The molecule has 0 aromatic carbocycles. The average Bonchev–Trinajstić information content (AvgIpc) is 2.37. The van der Waals surface area contributed by atoms with Crippen LogP contribution in [0.3, 0.4) is 0 Å². The highest BCUT2D eigenvalue weighted by Crippen LogP contribution is 2.16. The minimum Gasteiger partial charge on any atom is -0.372 e. The summed E-state index contributed by atoms with van der Waals surface area (Å²) in [6.45, 7) is 9.40. The highest BCUT2D eigenvalue weighted by molar-refractivity contribution is 5.33. The molecule has 0 aromatic heterocycles. The molecule has 0 N–H and O–H groups in total. The van der Waals surface area contributed by atoms with Gasteiger partial charge in [-0.05, 0) is 25.0 Å². The molecule has 1 rings (SSSR count). The summed E-state index contributed by atoms with van der Waals surface area (Å²) in [5.41, 5.74) is 3.85. The van der Waals surface area contributed by atoms with Crippen molar-refractivity contribution in [3.05, 3.63) is 35.5 Å². The monoisotopic (exact) mass is 150 g/mol. The van der Waals surface area contributed by atoms with Crippen molar-refractivity contribution in [2.45, 2.75) is 13.8 Å². The van der Waals surface area contributed by atoms with Crippen LogP contribution in [0.5, 0.6) is 0 Å². The van der Waals surface area contributed by atoms with E-state index in [0.717, 1.165) is 13.2 Å². The number of hydrogen-bond acceptors (Lipinski definition) is 1. The van der Waals surface area contributed by atoms with Crippen molar-refractivity contribution >= 4 is 0 Å². The third kappa shape index (κ3) is 2.05. The quantitative estimate of drug-likeness (QED) is 0.549. The normalized spacial score (nSPS) is 19.3. The maximum absolute atomic E-state index is 5.26. The van der Waals surface area contributed by atoms with Gasteiger partial charge in [-0.2, -0.15) is 0 Å². The SMILES string of the molecule is C=C/C(C)=C\C1=C(C)COC1. The van der Waals surface area contributed by atoms with Gasteiger partial charge in [0, 0.05) is 0 Å². The maximum Gasteiger partial charge on any atom is 0.0721 e. The lowest BCUT2D eigenvalue weighted by molar-refractivity contribution is 0.205. The molecule has 0 spiro atoms. The molecule has 1 heterocycles. The van der Waals surface area contributed by atoms with Gasteiger partial charge in [-0.1, -0.05) is 24.3 Å². The third-order valence-corrected chi connectivity index (χ3v) is 1.85. The molecule has 0 aliphatic carbocycles. The van der Waals surface area contributed by atoms with Crippen LogP contribution in [-0.4, -0.2) is 13.2 Å². The number of rotatable bonds is 2. The summed E-state index contributed by atoms with van der Waals surface area (Å²) in [6.07, 6.45) is 3.99. The largest absolute Gasteiger partial charge is 0.372 e. The Hall–Kier alpha value is -0.820. The van der Waals surface area contributed by atoms with E-state index in [1.54, 1.807) is 0 Å². The Bertz CT molecular complexity index is 221. The summed E-state index contributed by atoms with van der Waals surface area (Å²) >= 11 is 0. The van der Waals surface area contributed by atoms with Crippen molar-refractivity contribution in [2.24, 2.45) is 0 Å². The van der Waals surface area contributed by atoms with Crippen LogP contribution in [0.1, 0.15) is 13.8 Å². The van der Waals surface area contributed by atoms with Gasteiger partial charge < -0.3 is 4.74 Å². The molecular formula is C10H14O. The zero-order valence-corrected chi connectivity index (χ0v) is 7.18. The van der Waals surface area contributed by atoms with Gasteiger partial charge in [-0.3, -0.25) is 0 Å². The van der Waals surface area contributed by atoms with Crippen LogP contribution >= 0.6 is 0 Å². The molecule has 0 bridgehead atoms. The summed E-state index contributed by atoms with van der Waals surface area (Å²) < 4.78 is 5.26. The van der Waals surface area contributed by atoms with Gasteiger partial charge in [0.2, 0.25) is 0 Å². The number of ether oxygens (including phenoxy) is 1. The van der Waals surface area contributed by atoms with E-state index < -0.39 is 0 Å². The molecule has 1 aliphatic heterocycles. The van der Waals surface area contributed by atoms with Crippen molar-refractivity contribution in [1.29, 1.82) is 0 Å². The Morgan fingerprint density at radius 3 is 2.73 bits per heavy atom. The molecule has 0 saturated heterocycles. The zero-order valence-electron chi connectivity index (χ0n) is 7.18. The molecule has 1 nitrogen and oxygen atoms in total. The first-order valence-corrected chi connectivity index (χ1v) is 3.81. The Kier molecular flexibility index (Phi) is 2.66. The molecule has 11 heavy (non-hydrogen) atoms. The van der Waals surface area contributed by atoms with Crippen LogP contribution < -0.4 is 0 Å². The average molecular weight is 150 g/mol. The molecule has 1 heteroatoms. The van der Waals surface area contributed by atoms with Crippen LogP contribution in [0.25, 0.3) is 0 Å². The molecule has 0 saturated carbocycles. The smallest absolute Gasteiger partial charge is 0.0721 e. The zero-order chi connectivity index (χ0) is 8.27. The molecular weight excluding hydrogens is 136 g/mol. The fourth-order valence-electron chi connectivity index (χ4n) is 1.03. The van der Waals surface area contributed by atoms with E-state index in [9.17, 15) is 0 Å². The van der Waals surface area contributed by atoms with E-state index >= 15 is 0 Å². The van der Waals surface area contributed by atoms with Crippen molar-refractivity contribution in [1.82, 2.24) is 0 Å². The first-order chi connectivity index (χ1) is 5.24. The minimum absolute atomic E-state index is 0.761. The van der Waals surface area contributed by atoms with E-state index in [0.29, 0.717) is 0 Å². The van der Waals surface area contributed by atoms with E-state index in [-0.39, 0.29) is 0 Å². The molecule has 0 aromatic rings. The van der Waals surface area contributed by atoms with Crippen molar-refractivity contribution in [2.75, 3.05) is 13.2 Å². The summed E-state index contributed by atoms with van der Waals surface area (Å²) in [4.78, 5) is 0. The van der Waals surface area contributed by atoms with E-state index in [1.807, 2.05) is 13.0 Å². The van der Waals surface area contributed by atoms with Gasteiger partial charge in [0.25, 0.3) is 0 Å². The van der Waals surface area contributed by atoms with E-state index in [4.69, 9.17) is 4.74 Å². The summed E-state index contributed by atoms with van der Waals surface area (Å²) in [7, 11) is 0. The molecule has 0 fully saturated rings. The predicted molar refractivity (Wildman–Crippen MR) is 47.5 cm³/mol. The second-order valence-electron chi connectivity index (χ2n) is 2.89. The molecule has 0 atom stereocenters. The van der Waals surface area contributed by atoms with E-state index in [1.165, 1.54) is 16.7 Å². The number of hydrogen-bond donors (Lipinski definition) is 0. The van der Waals surface area contributed by atoms with Gasteiger partial charge in [0.05, 0.1) is 13.2 Å². The molecule has 1 aliphatic rings. The lowest BCUT2D eigenvalue weighted by Gasteiger charge is -1.94. The number of allylic oxidation sites excluding steroid dienone is 2. The van der Waals surface area contributed by atoms with Crippen LogP contribution in [0, 0.1) is 0 Å². The Labute approximate surface area is 68.1 Å². The summed E-state index contributed by atoms with van der Waals surface area (Å²) in [5, 5.41) is 0. The van der Waals surface area contributed by atoms with Crippen molar-refractivity contribution < 1.29 is 4.74 Å². The van der Waals surface area contributed by atoms with Gasteiger partial charge in [-0.25, -0.2) is 0 Å². The fourth-order valence-corrected chi connectivity index (χ4v) is 1.03. The Morgan fingerprint density at radius 1 is 1.55 bits per heavy atom. The third-order valence-electron chi connectivity index (χ3n) is 1.85. The van der Waals surface area contributed by atoms with Crippen LogP contribution in [-0.2, 0) is 4.74 Å². The second kappa shape index (κ2) is 3.54. The minimum atomic E-state index is 0.761. The van der Waals surface area contributed by atoms with Crippen molar-refractivity contribution in [3.8, 4) is 0 Å². The molecule has 0 radical (unpaired) electrons. The van der Waals surface area contributed by atoms with Crippen LogP contribution in [0.4, 0.5) is 0 Å². The second-order valence-corrected chi connectivity index (χ2v) is 2.89. The van der Waals surface area contributed by atoms with Crippen molar-refractivity contribution in [3.63, 3.8) is 0 Å². The molecule has 60 valence electrons. The molecule has 0 amide bonds. The summed E-state index contributed by atoms with van der Waals surface area (Å²) in [5.74, 6) is 0. The topological polar surface area (TPSA) is 9.23 Å². The first-order valence-electron chi connectivity index (χ1n) is 3.81. The van der Waals surface area contributed by atoms with E-state index in [2.05, 4.69) is 19.6 Å². The standard InChI is InChI=1S/C10H14O/c1-4-8(2)5-10-7-11-6-9(10)3/h4-5H,1,6-7H2,2-3H3/b8-5-. The Morgan fingerprint density at radius 2 is 2.27 bits per heavy atom. The lowest BCUT2D eigenvalue weighted by atomic mass is 10.1. The highest BCUT2D eigenvalue weighted by atomic mass is 16.5. The van der Waals surface area contributed by atoms with Crippen LogP contribution in [0.15, 0.2) is 35.5 Å². The van der Waals surface area contributed by atoms with Gasteiger partial charge in [-0.15, -0.1) is 0 Å². The summed E-state index contributed by atoms with van der Waals surface area (Å²) in [6, 6.07) is 0.